The minimum Gasteiger partial charge on any atom is -0.397 e. The number of nitrogens with one attached hydrogen (secondary N) is 1. The van der Waals surface area contributed by atoms with E-state index in [1.54, 1.807) is 11.8 Å². The number of rotatable bonds is 3. The van der Waals surface area contributed by atoms with Gasteiger partial charge in [0.25, 0.3) is 0 Å². The highest BCUT2D eigenvalue weighted by Gasteiger charge is 2.05. The molecule has 0 radical (unpaired) electrons. The van der Waals surface area contributed by atoms with Crippen molar-refractivity contribution >= 4 is 28.5 Å². The number of benzene rings is 2. The molecule has 0 saturated heterocycles. The highest BCUT2D eigenvalue weighted by molar-refractivity contribution is 7.98. The second-order valence-corrected chi connectivity index (χ2v) is 5.08. The summed E-state index contributed by atoms with van der Waals surface area (Å²) < 4.78 is 0. The summed E-state index contributed by atoms with van der Waals surface area (Å²) >= 11 is 1.76. The molecule has 3 nitrogen and oxygen atoms in total. The third-order valence-electron chi connectivity index (χ3n) is 2.71. The van der Waals surface area contributed by atoms with E-state index in [1.165, 1.54) is 4.90 Å². The molecule has 4 heteroatoms. The first-order valence-corrected chi connectivity index (χ1v) is 6.72. The number of aromatic amines is 1. The first-order valence-electron chi connectivity index (χ1n) is 5.74. The molecule has 0 aliphatic rings. The summed E-state index contributed by atoms with van der Waals surface area (Å²) in [6.07, 6.45) is 0. The number of nitrogens with two attached hydrogens (primary N) is 1. The summed E-state index contributed by atoms with van der Waals surface area (Å²) in [5.41, 5.74) is 8.47. The molecule has 1 aromatic heterocycles. The van der Waals surface area contributed by atoms with E-state index in [-0.39, 0.29) is 0 Å². The number of anilines is 1. The van der Waals surface area contributed by atoms with Crippen LogP contribution >= 0.6 is 11.8 Å². The number of imidazole rings is 1. The molecule has 0 bridgehead atoms. The van der Waals surface area contributed by atoms with Crippen molar-refractivity contribution in [1.29, 1.82) is 0 Å². The lowest BCUT2D eigenvalue weighted by molar-refractivity contribution is 1.14. The Labute approximate surface area is 109 Å². The quantitative estimate of drug-likeness (QED) is 0.557. The average molecular weight is 255 g/mol. The summed E-state index contributed by atoms with van der Waals surface area (Å²) in [6.45, 7) is 0. The molecular weight excluding hydrogens is 242 g/mol. The third kappa shape index (κ3) is 2.19. The SMILES string of the molecule is Nc1cccc2[nH]c(CSc3ccccc3)nc12. The van der Waals surface area contributed by atoms with Crippen molar-refractivity contribution in [3.63, 3.8) is 0 Å². The van der Waals surface area contributed by atoms with Crippen molar-refractivity contribution in [2.24, 2.45) is 0 Å². The molecule has 2 aromatic carbocycles. The topological polar surface area (TPSA) is 54.7 Å². The maximum Gasteiger partial charge on any atom is 0.117 e. The first-order chi connectivity index (χ1) is 8.83. The predicted octanol–water partition coefficient (Wildman–Crippen LogP) is 3.44. The molecular formula is C14H13N3S. The predicted molar refractivity (Wildman–Crippen MR) is 76.5 cm³/mol. The molecule has 0 atom stereocenters. The molecule has 0 saturated carbocycles. The summed E-state index contributed by atoms with van der Waals surface area (Å²) in [7, 11) is 0. The Morgan fingerprint density at radius 3 is 2.67 bits per heavy atom. The van der Waals surface area contributed by atoms with Crippen LogP contribution in [0.1, 0.15) is 5.82 Å². The number of aromatic nitrogens is 2. The van der Waals surface area contributed by atoms with Gasteiger partial charge in [-0.15, -0.1) is 11.8 Å². The van der Waals surface area contributed by atoms with Gasteiger partial charge < -0.3 is 10.7 Å². The minimum absolute atomic E-state index is 0.722. The molecule has 3 aromatic rings. The van der Waals surface area contributed by atoms with E-state index in [0.29, 0.717) is 0 Å². The fourth-order valence-corrected chi connectivity index (χ4v) is 2.63. The highest BCUT2D eigenvalue weighted by atomic mass is 32.2. The van der Waals surface area contributed by atoms with Crippen LogP contribution < -0.4 is 5.73 Å². The number of nitrogen functional groups attached to an aromatic ring is 1. The summed E-state index contributed by atoms with van der Waals surface area (Å²) in [5.74, 6) is 1.77. The average Bonchev–Trinajstić information content (AvgIpc) is 2.82. The molecule has 3 rings (SSSR count). The van der Waals surface area contributed by atoms with Crippen molar-refractivity contribution in [2.45, 2.75) is 10.6 Å². The number of thioether (sulfide) groups is 1. The van der Waals surface area contributed by atoms with E-state index in [2.05, 4.69) is 22.1 Å². The van der Waals surface area contributed by atoms with E-state index >= 15 is 0 Å². The number of hydrogen-bond acceptors (Lipinski definition) is 3. The molecule has 0 spiro atoms. The van der Waals surface area contributed by atoms with Crippen LogP contribution in [-0.2, 0) is 5.75 Å². The van der Waals surface area contributed by atoms with Gasteiger partial charge in [-0.2, -0.15) is 0 Å². The fraction of sp³-hybridized carbons (Fsp3) is 0.0714. The van der Waals surface area contributed by atoms with E-state index in [4.69, 9.17) is 5.73 Å². The Hall–Kier alpha value is -1.94. The normalized spacial score (nSPS) is 10.9. The molecule has 0 fully saturated rings. The van der Waals surface area contributed by atoms with Gasteiger partial charge in [-0.1, -0.05) is 24.3 Å². The Kier molecular flexibility index (Phi) is 2.94. The van der Waals surface area contributed by atoms with Gasteiger partial charge in [-0.05, 0) is 24.3 Å². The Morgan fingerprint density at radius 2 is 1.89 bits per heavy atom. The highest BCUT2D eigenvalue weighted by Crippen LogP contribution is 2.24. The van der Waals surface area contributed by atoms with Crippen LogP contribution in [0, 0.1) is 0 Å². The summed E-state index contributed by atoms with van der Waals surface area (Å²) in [4.78, 5) is 9.06. The molecule has 0 aliphatic heterocycles. The molecule has 0 aliphatic carbocycles. The summed E-state index contributed by atoms with van der Waals surface area (Å²) in [6, 6.07) is 16.1. The van der Waals surface area contributed by atoms with E-state index < -0.39 is 0 Å². The second kappa shape index (κ2) is 4.74. The van der Waals surface area contributed by atoms with Crippen molar-refractivity contribution in [1.82, 2.24) is 9.97 Å². The van der Waals surface area contributed by atoms with Crippen LogP contribution in [0.15, 0.2) is 53.4 Å². The molecule has 1 heterocycles. The number of H-pyrrole nitrogens is 1. The number of fused-ring (bicyclic) bond motifs is 1. The van der Waals surface area contributed by atoms with Gasteiger partial charge in [0.15, 0.2) is 0 Å². The third-order valence-corrected chi connectivity index (χ3v) is 3.73. The molecule has 3 N–H and O–H groups in total. The zero-order valence-electron chi connectivity index (χ0n) is 9.76. The number of nitrogens with zero attached hydrogens (tertiary/aromatic N) is 1. The lowest BCUT2D eigenvalue weighted by atomic mass is 10.3. The summed E-state index contributed by atoms with van der Waals surface area (Å²) in [5, 5.41) is 0. The van der Waals surface area contributed by atoms with Gasteiger partial charge in [0, 0.05) is 4.90 Å². The van der Waals surface area contributed by atoms with E-state index in [9.17, 15) is 0 Å². The van der Waals surface area contributed by atoms with Crippen LogP contribution in [0.3, 0.4) is 0 Å². The lowest BCUT2D eigenvalue weighted by Gasteiger charge is -1.97. The number of hydrogen-bond donors (Lipinski definition) is 2. The minimum atomic E-state index is 0.722. The van der Waals surface area contributed by atoms with Gasteiger partial charge in [0.2, 0.25) is 0 Å². The van der Waals surface area contributed by atoms with Crippen molar-refractivity contribution < 1.29 is 0 Å². The Balaban J connectivity index is 1.81. The van der Waals surface area contributed by atoms with Gasteiger partial charge in [0.1, 0.15) is 11.3 Å². The van der Waals surface area contributed by atoms with E-state index in [0.717, 1.165) is 28.3 Å². The zero-order chi connectivity index (χ0) is 12.4. The maximum atomic E-state index is 5.89. The molecule has 0 unspecified atom stereocenters. The monoisotopic (exact) mass is 255 g/mol. The zero-order valence-corrected chi connectivity index (χ0v) is 10.6. The fourth-order valence-electron chi connectivity index (χ4n) is 1.84. The smallest absolute Gasteiger partial charge is 0.117 e. The van der Waals surface area contributed by atoms with Crippen LogP contribution in [0.2, 0.25) is 0 Å². The van der Waals surface area contributed by atoms with Gasteiger partial charge >= 0.3 is 0 Å². The van der Waals surface area contributed by atoms with Gasteiger partial charge in [-0.25, -0.2) is 4.98 Å². The van der Waals surface area contributed by atoms with Crippen LogP contribution in [0.4, 0.5) is 5.69 Å². The molecule has 18 heavy (non-hydrogen) atoms. The lowest BCUT2D eigenvalue weighted by Crippen LogP contribution is -1.85. The first kappa shape index (κ1) is 11.2. The van der Waals surface area contributed by atoms with Crippen molar-refractivity contribution in [3.05, 3.63) is 54.4 Å². The maximum absolute atomic E-state index is 5.89. The Bertz CT molecular complexity index is 661. The van der Waals surface area contributed by atoms with Gasteiger partial charge in [-0.3, -0.25) is 0 Å². The van der Waals surface area contributed by atoms with E-state index in [1.807, 2.05) is 36.4 Å². The van der Waals surface area contributed by atoms with Crippen LogP contribution in [-0.4, -0.2) is 9.97 Å². The standard InChI is InChI=1S/C14H13N3S/c15-11-7-4-8-12-14(11)17-13(16-12)9-18-10-5-2-1-3-6-10/h1-8H,9,15H2,(H,16,17). The Morgan fingerprint density at radius 1 is 1.06 bits per heavy atom. The van der Waals surface area contributed by atoms with Crippen molar-refractivity contribution in [2.75, 3.05) is 5.73 Å². The van der Waals surface area contributed by atoms with Crippen molar-refractivity contribution in [3.8, 4) is 0 Å². The molecule has 0 amide bonds. The second-order valence-electron chi connectivity index (χ2n) is 4.03. The largest absolute Gasteiger partial charge is 0.397 e. The number of para-hydroxylation sites is 1. The van der Waals surface area contributed by atoms with Crippen LogP contribution in [0.25, 0.3) is 11.0 Å². The van der Waals surface area contributed by atoms with Crippen LogP contribution in [0.5, 0.6) is 0 Å². The van der Waals surface area contributed by atoms with Gasteiger partial charge in [0.05, 0.1) is 17.0 Å². The molecule has 90 valence electrons.